The van der Waals surface area contributed by atoms with Crippen molar-refractivity contribution in [1.29, 1.82) is 0 Å². The highest BCUT2D eigenvalue weighted by molar-refractivity contribution is 5.91. The second kappa shape index (κ2) is 7.66. The molecule has 0 atom stereocenters. The highest BCUT2D eigenvalue weighted by atomic mass is 16.1. The van der Waals surface area contributed by atoms with Crippen LogP contribution in [0.5, 0.6) is 0 Å². The van der Waals surface area contributed by atoms with Gasteiger partial charge in [-0.2, -0.15) is 0 Å². The molecular formula is C13H22N4O. The molecule has 3 N–H and O–H groups in total. The molecule has 5 nitrogen and oxygen atoms in total. The predicted octanol–water partition coefficient (Wildman–Crippen LogP) is 1.61. The molecule has 0 aliphatic rings. The lowest BCUT2D eigenvalue weighted by Crippen LogP contribution is -2.24. The highest BCUT2D eigenvalue weighted by Gasteiger charge is 2.05. The average molecular weight is 250 g/mol. The summed E-state index contributed by atoms with van der Waals surface area (Å²) in [5.74, 6) is 0.314. The van der Waals surface area contributed by atoms with E-state index in [4.69, 9.17) is 5.73 Å². The molecule has 1 rings (SSSR count). The van der Waals surface area contributed by atoms with Crippen LogP contribution < -0.4 is 16.0 Å². The van der Waals surface area contributed by atoms with Crippen molar-refractivity contribution < 1.29 is 4.79 Å². The fourth-order valence-electron chi connectivity index (χ4n) is 1.66. The third-order valence-electron chi connectivity index (χ3n) is 2.73. The summed E-state index contributed by atoms with van der Waals surface area (Å²) in [6, 6.07) is 3.77. The number of amides is 1. The Labute approximate surface area is 108 Å². The first-order chi connectivity index (χ1) is 8.71. The Morgan fingerprint density at radius 2 is 2.22 bits per heavy atom. The van der Waals surface area contributed by atoms with E-state index in [9.17, 15) is 4.79 Å². The minimum absolute atomic E-state index is 0.0268. The van der Waals surface area contributed by atoms with Crippen molar-refractivity contribution in [1.82, 2.24) is 4.98 Å². The van der Waals surface area contributed by atoms with Crippen LogP contribution in [0.3, 0.4) is 0 Å². The summed E-state index contributed by atoms with van der Waals surface area (Å²) in [5, 5.41) is 2.63. The number of nitrogens with two attached hydrogens (primary N) is 1. The molecule has 0 aliphatic heterocycles. The van der Waals surface area contributed by atoms with E-state index in [1.807, 2.05) is 6.07 Å². The van der Waals surface area contributed by atoms with E-state index < -0.39 is 0 Å². The van der Waals surface area contributed by atoms with Gasteiger partial charge in [-0.15, -0.1) is 0 Å². The number of nitrogens with zero attached hydrogens (tertiary/aromatic N) is 2. The van der Waals surface area contributed by atoms with Gasteiger partial charge in [-0.1, -0.05) is 13.3 Å². The van der Waals surface area contributed by atoms with Crippen LogP contribution in [0.2, 0.25) is 0 Å². The second-order valence-electron chi connectivity index (χ2n) is 4.09. The van der Waals surface area contributed by atoms with Gasteiger partial charge in [0.1, 0.15) is 5.82 Å². The zero-order valence-corrected chi connectivity index (χ0v) is 11.1. The number of carbonyl (C=O) groups excluding carboxylic acids is 1. The first kappa shape index (κ1) is 14.4. The number of nitrogens with one attached hydrogen (secondary N) is 1. The van der Waals surface area contributed by atoms with E-state index >= 15 is 0 Å². The minimum Gasteiger partial charge on any atom is -0.371 e. The fourth-order valence-corrected chi connectivity index (χ4v) is 1.66. The lowest BCUT2D eigenvalue weighted by molar-refractivity contribution is -0.114. The predicted molar refractivity (Wildman–Crippen MR) is 74.7 cm³/mol. The van der Waals surface area contributed by atoms with Crippen molar-refractivity contribution >= 4 is 17.4 Å². The first-order valence-electron chi connectivity index (χ1n) is 6.42. The standard InChI is InChI=1S/C13H22N4O/c1-3-5-8-17(4-2)11-6-7-12(15-10-11)16-13(18)9-14/h6-7,10H,3-5,8-9,14H2,1-2H3,(H,15,16,18). The Kier molecular flexibility index (Phi) is 6.14. The summed E-state index contributed by atoms with van der Waals surface area (Å²) in [7, 11) is 0. The van der Waals surface area contributed by atoms with E-state index in [1.54, 1.807) is 12.3 Å². The lowest BCUT2D eigenvalue weighted by Gasteiger charge is -2.22. The summed E-state index contributed by atoms with van der Waals surface area (Å²) in [6.45, 7) is 6.26. The van der Waals surface area contributed by atoms with Gasteiger partial charge in [-0.3, -0.25) is 4.79 Å². The number of unbranched alkanes of at least 4 members (excludes halogenated alkanes) is 1. The minimum atomic E-state index is -0.228. The molecule has 1 aromatic heterocycles. The molecule has 0 saturated carbocycles. The van der Waals surface area contributed by atoms with Crippen LogP contribution in [0.25, 0.3) is 0 Å². The quantitative estimate of drug-likeness (QED) is 0.771. The Balaban J connectivity index is 2.65. The van der Waals surface area contributed by atoms with Gasteiger partial charge >= 0.3 is 0 Å². The molecule has 18 heavy (non-hydrogen) atoms. The average Bonchev–Trinajstić information content (AvgIpc) is 2.41. The van der Waals surface area contributed by atoms with Crippen LogP contribution in [0.1, 0.15) is 26.7 Å². The van der Waals surface area contributed by atoms with Crippen molar-refractivity contribution in [2.24, 2.45) is 5.73 Å². The Bertz CT molecular complexity index is 364. The third-order valence-corrected chi connectivity index (χ3v) is 2.73. The summed E-state index contributed by atoms with van der Waals surface area (Å²) in [5.41, 5.74) is 6.31. The molecule has 0 unspecified atom stereocenters. The van der Waals surface area contributed by atoms with Crippen LogP contribution >= 0.6 is 0 Å². The van der Waals surface area contributed by atoms with Crippen LogP contribution in [-0.4, -0.2) is 30.5 Å². The van der Waals surface area contributed by atoms with Crippen molar-refractivity contribution in [3.05, 3.63) is 18.3 Å². The number of hydrogen-bond donors (Lipinski definition) is 2. The SMILES string of the molecule is CCCCN(CC)c1ccc(NC(=O)CN)nc1. The molecule has 0 bridgehead atoms. The Morgan fingerprint density at radius 3 is 2.72 bits per heavy atom. The smallest absolute Gasteiger partial charge is 0.239 e. The number of aromatic nitrogens is 1. The third kappa shape index (κ3) is 4.33. The summed E-state index contributed by atoms with van der Waals surface area (Å²) < 4.78 is 0. The van der Waals surface area contributed by atoms with Gasteiger partial charge in [0.25, 0.3) is 0 Å². The molecule has 0 aliphatic carbocycles. The summed E-state index contributed by atoms with van der Waals surface area (Å²) in [6.07, 6.45) is 4.12. The molecule has 0 saturated heterocycles. The van der Waals surface area contributed by atoms with Gasteiger partial charge in [0.2, 0.25) is 5.91 Å². The van der Waals surface area contributed by atoms with E-state index in [-0.39, 0.29) is 12.5 Å². The maximum atomic E-state index is 11.1. The number of carbonyl (C=O) groups is 1. The van der Waals surface area contributed by atoms with Gasteiger partial charge in [-0.05, 0) is 25.5 Å². The topological polar surface area (TPSA) is 71.2 Å². The highest BCUT2D eigenvalue weighted by Crippen LogP contribution is 2.15. The van der Waals surface area contributed by atoms with Crippen molar-refractivity contribution in [3.63, 3.8) is 0 Å². The maximum Gasteiger partial charge on any atom is 0.239 e. The monoisotopic (exact) mass is 250 g/mol. The number of rotatable bonds is 7. The molecule has 1 aromatic rings. The molecule has 0 spiro atoms. The zero-order chi connectivity index (χ0) is 13.4. The molecule has 5 heteroatoms. The van der Waals surface area contributed by atoms with Crippen molar-refractivity contribution in [2.45, 2.75) is 26.7 Å². The van der Waals surface area contributed by atoms with Crippen LogP contribution in [-0.2, 0) is 4.79 Å². The molecule has 100 valence electrons. The molecule has 0 radical (unpaired) electrons. The van der Waals surface area contributed by atoms with E-state index in [2.05, 4.69) is 29.0 Å². The van der Waals surface area contributed by atoms with Crippen molar-refractivity contribution in [2.75, 3.05) is 29.9 Å². The molecule has 1 heterocycles. The summed E-state index contributed by atoms with van der Waals surface area (Å²) >= 11 is 0. The van der Waals surface area contributed by atoms with E-state index in [0.717, 1.165) is 18.8 Å². The maximum absolute atomic E-state index is 11.1. The van der Waals surface area contributed by atoms with E-state index in [1.165, 1.54) is 12.8 Å². The molecule has 0 aromatic carbocycles. The second-order valence-corrected chi connectivity index (χ2v) is 4.09. The van der Waals surface area contributed by atoms with Gasteiger partial charge in [0, 0.05) is 13.1 Å². The number of hydrogen-bond acceptors (Lipinski definition) is 4. The van der Waals surface area contributed by atoms with Gasteiger partial charge in [-0.25, -0.2) is 4.98 Å². The summed E-state index contributed by atoms with van der Waals surface area (Å²) in [4.78, 5) is 17.6. The molecule has 1 amide bonds. The van der Waals surface area contributed by atoms with Gasteiger partial charge in [0.15, 0.2) is 0 Å². The van der Waals surface area contributed by atoms with Gasteiger partial charge in [0.05, 0.1) is 18.4 Å². The molecular weight excluding hydrogens is 228 g/mol. The number of anilines is 2. The number of pyridine rings is 1. The lowest BCUT2D eigenvalue weighted by atomic mass is 10.3. The van der Waals surface area contributed by atoms with Crippen molar-refractivity contribution in [3.8, 4) is 0 Å². The fraction of sp³-hybridized carbons (Fsp3) is 0.538. The molecule has 0 fully saturated rings. The van der Waals surface area contributed by atoms with Crippen LogP contribution in [0.15, 0.2) is 18.3 Å². The Hall–Kier alpha value is -1.62. The van der Waals surface area contributed by atoms with Crippen LogP contribution in [0.4, 0.5) is 11.5 Å². The largest absolute Gasteiger partial charge is 0.371 e. The first-order valence-corrected chi connectivity index (χ1v) is 6.42. The Morgan fingerprint density at radius 1 is 1.44 bits per heavy atom. The van der Waals surface area contributed by atoms with Gasteiger partial charge < -0.3 is 16.0 Å². The normalized spacial score (nSPS) is 10.2. The van der Waals surface area contributed by atoms with Crippen LogP contribution in [0, 0.1) is 0 Å². The zero-order valence-electron chi connectivity index (χ0n) is 11.1. The van der Waals surface area contributed by atoms with E-state index in [0.29, 0.717) is 5.82 Å².